The van der Waals surface area contributed by atoms with Crippen molar-refractivity contribution in [3.05, 3.63) is 65.5 Å². The Labute approximate surface area is 178 Å². The van der Waals surface area contributed by atoms with E-state index in [0.717, 1.165) is 11.6 Å². The van der Waals surface area contributed by atoms with Gasteiger partial charge in [-0.05, 0) is 62.4 Å². The van der Waals surface area contributed by atoms with Gasteiger partial charge in [-0.15, -0.1) is 0 Å². The topological polar surface area (TPSA) is 80.3 Å². The Hall–Kier alpha value is -1.98. The number of sulfonamides is 1. The van der Waals surface area contributed by atoms with Crippen molar-refractivity contribution in [2.75, 3.05) is 0 Å². The highest BCUT2D eigenvalue weighted by Gasteiger charge is 2.51. The van der Waals surface area contributed by atoms with Crippen LogP contribution in [0.15, 0.2) is 53.4 Å². The van der Waals surface area contributed by atoms with Crippen LogP contribution in [-0.4, -0.2) is 28.4 Å². The Balaban J connectivity index is 2.00. The lowest BCUT2D eigenvalue weighted by Crippen LogP contribution is -2.48. The molecule has 11 heteroatoms. The van der Waals surface area contributed by atoms with Crippen LogP contribution in [0.2, 0.25) is 0 Å². The second-order valence-corrected chi connectivity index (χ2v) is 11.6. The molecule has 1 saturated carbocycles. The Morgan fingerprint density at radius 3 is 2.06 bits per heavy atom. The minimum atomic E-state index is -5.56. The zero-order valence-electron chi connectivity index (χ0n) is 16.5. The molecule has 0 spiro atoms. The molecule has 0 bridgehead atoms. The average Bonchev–Trinajstić information content (AvgIpc) is 2.68. The molecule has 3 rings (SSSR count). The van der Waals surface area contributed by atoms with Crippen molar-refractivity contribution in [3.63, 3.8) is 0 Å². The third-order valence-corrected chi connectivity index (χ3v) is 9.43. The average molecular weight is 480 g/mol. The van der Waals surface area contributed by atoms with Gasteiger partial charge in [-0.3, -0.25) is 0 Å². The fourth-order valence-corrected chi connectivity index (χ4v) is 6.88. The van der Waals surface area contributed by atoms with E-state index in [-0.39, 0.29) is 36.1 Å². The molecule has 5 nitrogen and oxygen atoms in total. The molecular formula is C20H21F4NO4S2. The molecule has 0 saturated heterocycles. The van der Waals surface area contributed by atoms with Gasteiger partial charge in [-0.2, -0.15) is 13.2 Å². The van der Waals surface area contributed by atoms with Crippen LogP contribution in [0.25, 0.3) is 0 Å². The Bertz CT molecular complexity index is 1150. The monoisotopic (exact) mass is 479 g/mol. The van der Waals surface area contributed by atoms with Crippen LogP contribution in [0.5, 0.6) is 0 Å². The summed E-state index contributed by atoms with van der Waals surface area (Å²) < 4.78 is 102. The number of halogens is 4. The lowest BCUT2D eigenvalue weighted by molar-refractivity contribution is -0.0452. The van der Waals surface area contributed by atoms with Gasteiger partial charge < -0.3 is 0 Å². The second-order valence-electron chi connectivity index (χ2n) is 7.66. The van der Waals surface area contributed by atoms with Gasteiger partial charge in [0.1, 0.15) is 10.6 Å². The quantitative estimate of drug-likeness (QED) is 0.653. The summed E-state index contributed by atoms with van der Waals surface area (Å²) in [5.74, 6) is -0.643. The first-order valence-electron chi connectivity index (χ1n) is 9.44. The summed E-state index contributed by atoms with van der Waals surface area (Å²) in [7, 11) is -9.63. The van der Waals surface area contributed by atoms with Gasteiger partial charge in [0.05, 0.1) is 4.90 Å². The van der Waals surface area contributed by atoms with Crippen LogP contribution in [0.3, 0.4) is 0 Å². The van der Waals surface area contributed by atoms with Crippen molar-refractivity contribution in [2.24, 2.45) is 0 Å². The molecule has 2 aromatic rings. The zero-order valence-corrected chi connectivity index (χ0v) is 18.1. The molecule has 2 aromatic carbocycles. The van der Waals surface area contributed by atoms with E-state index < -0.39 is 42.0 Å². The van der Waals surface area contributed by atoms with E-state index in [1.54, 1.807) is 23.8 Å². The van der Waals surface area contributed by atoms with Gasteiger partial charge in [0.15, 0.2) is 9.84 Å². The number of hydrogen-bond donors (Lipinski definition) is 1. The summed E-state index contributed by atoms with van der Waals surface area (Å²) >= 11 is 0. The summed E-state index contributed by atoms with van der Waals surface area (Å²) in [6.45, 7) is 1.79. The second kappa shape index (κ2) is 8.18. The Morgan fingerprint density at radius 2 is 1.55 bits per heavy atom. The van der Waals surface area contributed by atoms with Gasteiger partial charge in [0.2, 0.25) is 0 Å². The standard InChI is InChI=1S/C20H21F4NO4S2/c1-14-5-7-18(8-6-14)30(26,27)19(15-3-2-4-16(21)13-15)11-9-17(10-12-19)25-31(28,29)20(22,23)24/h2-8,13,17,25H,9-12H2,1H3. The summed E-state index contributed by atoms with van der Waals surface area (Å²) in [6.07, 6.45) is -0.650. The van der Waals surface area contributed by atoms with Gasteiger partial charge in [0, 0.05) is 6.04 Å². The largest absolute Gasteiger partial charge is 0.511 e. The predicted octanol–water partition coefficient (Wildman–Crippen LogP) is 4.19. The minimum Gasteiger partial charge on any atom is -0.223 e. The van der Waals surface area contributed by atoms with Crippen molar-refractivity contribution in [2.45, 2.75) is 53.8 Å². The highest BCUT2D eigenvalue weighted by molar-refractivity contribution is 7.92. The SMILES string of the molecule is Cc1ccc(S(=O)(=O)C2(c3cccc(F)c3)CCC(NS(=O)(=O)C(F)(F)F)CC2)cc1. The van der Waals surface area contributed by atoms with Crippen molar-refractivity contribution in [1.29, 1.82) is 0 Å². The lowest BCUT2D eigenvalue weighted by Gasteiger charge is -2.40. The maximum Gasteiger partial charge on any atom is 0.511 e. The van der Waals surface area contributed by atoms with E-state index >= 15 is 0 Å². The number of hydrogen-bond acceptors (Lipinski definition) is 4. The predicted molar refractivity (Wildman–Crippen MR) is 107 cm³/mol. The fourth-order valence-electron chi connectivity index (χ4n) is 3.92. The summed E-state index contributed by atoms with van der Waals surface area (Å²) in [4.78, 5) is 0.0108. The minimum absolute atomic E-state index is 0.0108. The number of sulfone groups is 1. The summed E-state index contributed by atoms with van der Waals surface area (Å²) in [5.41, 5.74) is -4.44. The molecule has 0 amide bonds. The molecule has 1 aliphatic carbocycles. The van der Waals surface area contributed by atoms with Crippen LogP contribution in [0, 0.1) is 12.7 Å². The van der Waals surface area contributed by atoms with Crippen LogP contribution in [0.1, 0.15) is 36.8 Å². The van der Waals surface area contributed by atoms with Gasteiger partial charge in [-0.25, -0.2) is 25.9 Å². The molecule has 1 fully saturated rings. The van der Waals surface area contributed by atoms with E-state index in [9.17, 15) is 34.4 Å². The first kappa shape index (κ1) is 23.7. The first-order chi connectivity index (χ1) is 14.3. The fraction of sp³-hybridized carbons (Fsp3) is 0.400. The molecule has 0 heterocycles. The number of alkyl halides is 3. The smallest absolute Gasteiger partial charge is 0.223 e. The molecule has 0 unspecified atom stereocenters. The molecule has 0 aromatic heterocycles. The van der Waals surface area contributed by atoms with E-state index in [0.29, 0.717) is 0 Å². The van der Waals surface area contributed by atoms with Crippen LogP contribution in [-0.2, 0) is 24.6 Å². The van der Waals surface area contributed by atoms with E-state index in [1.807, 2.05) is 0 Å². The lowest BCUT2D eigenvalue weighted by atomic mass is 9.81. The van der Waals surface area contributed by atoms with Crippen molar-refractivity contribution in [3.8, 4) is 0 Å². The maximum absolute atomic E-state index is 14.0. The molecule has 170 valence electrons. The van der Waals surface area contributed by atoms with Crippen LogP contribution in [0.4, 0.5) is 17.6 Å². The van der Waals surface area contributed by atoms with Gasteiger partial charge in [0.25, 0.3) is 0 Å². The molecule has 1 N–H and O–H groups in total. The maximum atomic E-state index is 14.0. The van der Waals surface area contributed by atoms with E-state index in [2.05, 4.69) is 0 Å². The number of benzene rings is 2. The zero-order chi connectivity index (χ0) is 23.1. The molecule has 0 radical (unpaired) electrons. The summed E-state index contributed by atoms with van der Waals surface area (Å²) in [6, 6.07) is 10.1. The highest BCUT2D eigenvalue weighted by Crippen LogP contribution is 2.47. The highest BCUT2D eigenvalue weighted by atomic mass is 32.2. The summed E-state index contributed by atoms with van der Waals surface area (Å²) in [5, 5.41) is 0. The Morgan fingerprint density at radius 1 is 0.968 bits per heavy atom. The Kier molecular flexibility index (Phi) is 6.25. The van der Waals surface area contributed by atoms with Crippen molar-refractivity contribution >= 4 is 19.9 Å². The van der Waals surface area contributed by atoms with E-state index in [1.165, 1.54) is 30.3 Å². The van der Waals surface area contributed by atoms with Gasteiger partial charge in [-0.1, -0.05) is 29.8 Å². The van der Waals surface area contributed by atoms with Crippen LogP contribution >= 0.6 is 0 Å². The van der Waals surface area contributed by atoms with Crippen molar-refractivity contribution < 1.29 is 34.4 Å². The molecule has 1 aliphatic rings. The van der Waals surface area contributed by atoms with E-state index in [4.69, 9.17) is 0 Å². The molecule has 0 aliphatic heterocycles. The third-order valence-electron chi connectivity index (χ3n) is 5.62. The van der Waals surface area contributed by atoms with Gasteiger partial charge >= 0.3 is 15.5 Å². The van der Waals surface area contributed by atoms with Crippen molar-refractivity contribution in [1.82, 2.24) is 4.72 Å². The molecule has 0 atom stereocenters. The first-order valence-corrected chi connectivity index (χ1v) is 12.4. The molecule has 31 heavy (non-hydrogen) atoms. The normalized spacial score (nSPS) is 22.9. The number of rotatable bonds is 5. The van der Waals surface area contributed by atoms with Crippen LogP contribution < -0.4 is 4.72 Å². The number of aryl methyl sites for hydroxylation is 1. The third kappa shape index (κ3) is 4.49. The molecular weight excluding hydrogens is 458 g/mol. The number of nitrogens with one attached hydrogen (secondary N) is 1.